The zero-order valence-corrected chi connectivity index (χ0v) is 11.2. The molecule has 2 N–H and O–H groups in total. The van der Waals surface area contributed by atoms with Gasteiger partial charge >= 0.3 is 0 Å². The molecule has 2 rings (SSSR count). The maximum Gasteiger partial charge on any atom is 0.255 e. The van der Waals surface area contributed by atoms with Crippen LogP contribution in [0.4, 0.5) is 5.69 Å². The summed E-state index contributed by atoms with van der Waals surface area (Å²) >= 11 is 0. The minimum atomic E-state index is -0.369. The molecule has 0 aliphatic heterocycles. The standard InChI is InChI=1S/C15H14N2O3/c1-9-7-12(3-4-13(9)10(2)18)17-15(20)11-5-6-16-14(19)8-11/h3-8H,1-2H3,(H,16,19)(H,17,20). The van der Waals surface area contributed by atoms with Gasteiger partial charge in [-0.05, 0) is 43.7 Å². The summed E-state index contributed by atoms with van der Waals surface area (Å²) in [5.41, 5.74) is 1.95. The number of carbonyl (C=O) groups is 2. The molecule has 1 heterocycles. The highest BCUT2D eigenvalue weighted by atomic mass is 16.2. The van der Waals surface area contributed by atoms with E-state index in [4.69, 9.17) is 0 Å². The Labute approximate surface area is 115 Å². The Hall–Kier alpha value is -2.69. The van der Waals surface area contributed by atoms with Crippen molar-refractivity contribution in [1.82, 2.24) is 4.98 Å². The molecule has 0 fully saturated rings. The van der Waals surface area contributed by atoms with Crippen LogP contribution in [0.2, 0.25) is 0 Å². The second-order valence-corrected chi connectivity index (χ2v) is 4.48. The maximum absolute atomic E-state index is 12.0. The first-order valence-corrected chi connectivity index (χ1v) is 6.09. The van der Waals surface area contributed by atoms with E-state index < -0.39 is 0 Å². The summed E-state index contributed by atoms with van der Waals surface area (Å²) in [5, 5.41) is 2.69. The van der Waals surface area contributed by atoms with Crippen LogP contribution < -0.4 is 10.9 Å². The van der Waals surface area contributed by atoms with Crippen LogP contribution in [0, 0.1) is 6.92 Å². The topological polar surface area (TPSA) is 79.0 Å². The van der Waals surface area contributed by atoms with E-state index in [2.05, 4.69) is 10.3 Å². The molecule has 1 aromatic carbocycles. The van der Waals surface area contributed by atoms with Gasteiger partial charge in [-0.25, -0.2) is 0 Å². The average Bonchev–Trinajstić information content (AvgIpc) is 2.38. The molecule has 0 unspecified atom stereocenters. The summed E-state index contributed by atoms with van der Waals surface area (Å²) in [5.74, 6) is -0.388. The monoisotopic (exact) mass is 270 g/mol. The number of anilines is 1. The largest absolute Gasteiger partial charge is 0.329 e. The normalized spacial score (nSPS) is 10.1. The Morgan fingerprint density at radius 3 is 2.50 bits per heavy atom. The number of carbonyl (C=O) groups excluding carboxylic acids is 2. The van der Waals surface area contributed by atoms with Crippen molar-refractivity contribution in [2.45, 2.75) is 13.8 Å². The van der Waals surface area contributed by atoms with Crippen molar-refractivity contribution in [1.29, 1.82) is 0 Å². The van der Waals surface area contributed by atoms with Crippen LogP contribution in [0.3, 0.4) is 0 Å². The fourth-order valence-electron chi connectivity index (χ4n) is 1.93. The lowest BCUT2D eigenvalue weighted by atomic mass is 10.0. The first-order valence-electron chi connectivity index (χ1n) is 6.09. The number of amides is 1. The van der Waals surface area contributed by atoms with E-state index in [1.54, 1.807) is 25.1 Å². The highest BCUT2D eigenvalue weighted by Crippen LogP contribution is 2.16. The number of Topliss-reactive ketones (excluding diaryl/α,β-unsaturated/α-hetero) is 1. The van der Waals surface area contributed by atoms with E-state index in [1.807, 2.05) is 0 Å². The SMILES string of the molecule is CC(=O)c1ccc(NC(=O)c2cc[nH]c(=O)c2)cc1C. The summed E-state index contributed by atoms with van der Waals surface area (Å²) in [6.07, 6.45) is 1.42. The van der Waals surface area contributed by atoms with Crippen molar-refractivity contribution in [3.63, 3.8) is 0 Å². The molecule has 0 spiro atoms. The van der Waals surface area contributed by atoms with Crippen LogP contribution in [-0.2, 0) is 0 Å². The molecular formula is C15H14N2O3. The lowest BCUT2D eigenvalue weighted by Gasteiger charge is -2.08. The molecular weight excluding hydrogens is 256 g/mol. The van der Waals surface area contributed by atoms with Gasteiger partial charge in [0.15, 0.2) is 5.78 Å². The van der Waals surface area contributed by atoms with Gasteiger partial charge in [-0.3, -0.25) is 14.4 Å². The highest BCUT2D eigenvalue weighted by molar-refractivity contribution is 6.04. The maximum atomic E-state index is 12.0. The third-order valence-corrected chi connectivity index (χ3v) is 2.90. The van der Waals surface area contributed by atoms with Gasteiger partial charge in [0.05, 0.1) is 0 Å². The zero-order valence-electron chi connectivity index (χ0n) is 11.2. The molecule has 102 valence electrons. The number of rotatable bonds is 3. The molecule has 0 radical (unpaired) electrons. The van der Waals surface area contributed by atoms with Crippen LogP contribution >= 0.6 is 0 Å². The number of hydrogen-bond acceptors (Lipinski definition) is 3. The molecule has 0 atom stereocenters. The molecule has 0 bridgehead atoms. The highest BCUT2D eigenvalue weighted by Gasteiger charge is 2.09. The predicted octanol–water partition coefficient (Wildman–Crippen LogP) is 2.14. The Morgan fingerprint density at radius 1 is 1.15 bits per heavy atom. The van der Waals surface area contributed by atoms with Gasteiger partial charge < -0.3 is 10.3 Å². The zero-order chi connectivity index (χ0) is 14.7. The van der Waals surface area contributed by atoms with Crippen LogP contribution in [0.25, 0.3) is 0 Å². The number of ketones is 1. The third kappa shape index (κ3) is 3.00. The Balaban J connectivity index is 2.22. The summed E-state index contributed by atoms with van der Waals surface area (Å²) < 4.78 is 0. The van der Waals surface area contributed by atoms with E-state index in [-0.39, 0.29) is 22.8 Å². The number of aryl methyl sites for hydroxylation is 1. The molecule has 5 nitrogen and oxygen atoms in total. The Bertz CT molecular complexity index is 732. The molecule has 0 saturated heterocycles. The van der Waals surface area contributed by atoms with Crippen molar-refractivity contribution in [2.75, 3.05) is 5.32 Å². The summed E-state index contributed by atoms with van der Waals surface area (Å²) in [7, 11) is 0. The van der Waals surface area contributed by atoms with Gasteiger partial charge in [0, 0.05) is 29.1 Å². The first-order chi connectivity index (χ1) is 9.47. The van der Waals surface area contributed by atoms with Gasteiger partial charge in [0.2, 0.25) is 5.56 Å². The Morgan fingerprint density at radius 2 is 1.90 bits per heavy atom. The number of H-pyrrole nitrogens is 1. The number of nitrogens with one attached hydrogen (secondary N) is 2. The van der Waals surface area contributed by atoms with Gasteiger partial charge in [-0.1, -0.05) is 0 Å². The molecule has 5 heteroatoms. The minimum absolute atomic E-state index is 0.0185. The molecule has 0 saturated carbocycles. The Kier molecular flexibility index (Phi) is 3.79. The van der Waals surface area contributed by atoms with E-state index in [0.717, 1.165) is 5.56 Å². The van der Waals surface area contributed by atoms with Gasteiger partial charge in [-0.2, -0.15) is 0 Å². The second kappa shape index (κ2) is 5.52. The van der Waals surface area contributed by atoms with Gasteiger partial charge in [-0.15, -0.1) is 0 Å². The second-order valence-electron chi connectivity index (χ2n) is 4.48. The molecule has 1 amide bonds. The fraction of sp³-hybridized carbons (Fsp3) is 0.133. The first kappa shape index (κ1) is 13.7. The van der Waals surface area contributed by atoms with Crippen molar-refractivity contribution in [3.05, 3.63) is 63.6 Å². The van der Waals surface area contributed by atoms with Gasteiger partial charge in [0.1, 0.15) is 0 Å². The number of aromatic nitrogens is 1. The van der Waals surface area contributed by atoms with Gasteiger partial charge in [0.25, 0.3) is 5.91 Å². The average molecular weight is 270 g/mol. The number of benzene rings is 1. The number of aromatic amines is 1. The van der Waals surface area contributed by atoms with Crippen LogP contribution in [0.5, 0.6) is 0 Å². The molecule has 0 aliphatic rings. The summed E-state index contributed by atoms with van der Waals surface area (Å²) in [6, 6.07) is 7.81. The molecule has 2 aromatic rings. The molecule has 0 aliphatic carbocycles. The number of pyridine rings is 1. The molecule has 20 heavy (non-hydrogen) atoms. The summed E-state index contributed by atoms with van der Waals surface area (Å²) in [6.45, 7) is 3.30. The van der Waals surface area contributed by atoms with E-state index in [0.29, 0.717) is 11.3 Å². The van der Waals surface area contributed by atoms with Crippen LogP contribution in [0.1, 0.15) is 33.2 Å². The predicted molar refractivity (Wildman–Crippen MR) is 76.2 cm³/mol. The van der Waals surface area contributed by atoms with E-state index >= 15 is 0 Å². The van der Waals surface area contributed by atoms with E-state index in [9.17, 15) is 14.4 Å². The lowest BCUT2D eigenvalue weighted by molar-refractivity contribution is 0.101. The van der Waals surface area contributed by atoms with Crippen LogP contribution in [0.15, 0.2) is 41.3 Å². The fourth-order valence-corrected chi connectivity index (χ4v) is 1.93. The summed E-state index contributed by atoms with van der Waals surface area (Å²) in [4.78, 5) is 36.9. The minimum Gasteiger partial charge on any atom is -0.329 e. The van der Waals surface area contributed by atoms with Crippen molar-refractivity contribution in [2.24, 2.45) is 0 Å². The van der Waals surface area contributed by atoms with Crippen molar-refractivity contribution in [3.8, 4) is 0 Å². The quantitative estimate of drug-likeness (QED) is 0.839. The van der Waals surface area contributed by atoms with E-state index in [1.165, 1.54) is 25.3 Å². The van der Waals surface area contributed by atoms with Crippen molar-refractivity contribution < 1.29 is 9.59 Å². The molecule has 1 aromatic heterocycles. The lowest BCUT2D eigenvalue weighted by Crippen LogP contribution is -2.15. The smallest absolute Gasteiger partial charge is 0.255 e. The van der Waals surface area contributed by atoms with Crippen LogP contribution in [-0.4, -0.2) is 16.7 Å². The van der Waals surface area contributed by atoms with Crippen molar-refractivity contribution >= 4 is 17.4 Å². The number of hydrogen-bond donors (Lipinski definition) is 2. The third-order valence-electron chi connectivity index (χ3n) is 2.90.